The number of aryl methyl sites for hydroxylation is 2. The SMILES string of the molecule is Cc1ccc(NC(=O)c2ccccc2Sc2ccccc2C#N)cc1C. The summed E-state index contributed by atoms with van der Waals surface area (Å²) in [6.07, 6.45) is 0. The third-order valence-corrected chi connectivity index (χ3v) is 5.28. The molecule has 0 atom stereocenters. The molecule has 0 saturated heterocycles. The zero-order valence-electron chi connectivity index (χ0n) is 14.6. The summed E-state index contributed by atoms with van der Waals surface area (Å²) in [7, 11) is 0. The molecule has 3 nitrogen and oxygen atoms in total. The van der Waals surface area contributed by atoms with Crippen LogP contribution < -0.4 is 5.32 Å². The molecule has 0 radical (unpaired) electrons. The molecule has 1 amide bonds. The van der Waals surface area contributed by atoms with Gasteiger partial charge >= 0.3 is 0 Å². The summed E-state index contributed by atoms with van der Waals surface area (Å²) < 4.78 is 0. The maximum absolute atomic E-state index is 12.8. The standard InChI is InChI=1S/C22H18N2OS/c1-15-11-12-18(13-16(15)2)24-22(25)19-8-4-6-10-21(19)26-20-9-5-3-7-17(20)14-23/h3-13H,1-2H3,(H,24,25). The zero-order chi connectivity index (χ0) is 18.5. The summed E-state index contributed by atoms with van der Waals surface area (Å²) in [5.74, 6) is -0.161. The highest BCUT2D eigenvalue weighted by Gasteiger charge is 2.14. The van der Waals surface area contributed by atoms with E-state index in [0.29, 0.717) is 11.1 Å². The molecule has 0 bridgehead atoms. The number of rotatable bonds is 4. The molecule has 0 aliphatic carbocycles. The molecule has 0 unspecified atom stereocenters. The fourth-order valence-electron chi connectivity index (χ4n) is 2.53. The molecule has 0 heterocycles. The average molecular weight is 358 g/mol. The average Bonchev–Trinajstić information content (AvgIpc) is 2.65. The van der Waals surface area contributed by atoms with E-state index in [-0.39, 0.29) is 5.91 Å². The fraction of sp³-hybridized carbons (Fsp3) is 0.0909. The van der Waals surface area contributed by atoms with Crippen molar-refractivity contribution in [2.75, 3.05) is 5.32 Å². The van der Waals surface area contributed by atoms with Crippen LogP contribution in [0.3, 0.4) is 0 Å². The van der Waals surface area contributed by atoms with Crippen molar-refractivity contribution in [1.82, 2.24) is 0 Å². The van der Waals surface area contributed by atoms with Crippen molar-refractivity contribution in [2.24, 2.45) is 0 Å². The van der Waals surface area contributed by atoms with Gasteiger partial charge in [0.05, 0.1) is 11.1 Å². The van der Waals surface area contributed by atoms with Crippen molar-refractivity contribution in [1.29, 1.82) is 5.26 Å². The summed E-state index contributed by atoms with van der Waals surface area (Å²) >= 11 is 1.43. The van der Waals surface area contributed by atoms with Crippen molar-refractivity contribution in [2.45, 2.75) is 23.6 Å². The Morgan fingerprint density at radius 1 is 0.923 bits per heavy atom. The topological polar surface area (TPSA) is 52.9 Å². The van der Waals surface area contributed by atoms with Gasteiger partial charge in [-0.05, 0) is 61.4 Å². The molecule has 0 saturated carbocycles. The van der Waals surface area contributed by atoms with Gasteiger partial charge in [-0.25, -0.2) is 0 Å². The second kappa shape index (κ2) is 7.90. The van der Waals surface area contributed by atoms with E-state index in [1.807, 2.05) is 68.4 Å². The van der Waals surface area contributed by atoms with Gasteiger partial charge in [-0.15, -0.1) is 0 Å². The van der Waals surface area contributed by atoms with E-state index >= 15 is 0 Å². The van der Waals surface area contributed by atoms with Crippen LogP contribution in [0.1, 0.15) is 27.0 Å². The number of nitrogens with zero attached hydrogens (tertiary/aromatic N) is 1. The third-order valence-electron chi connectivity index (χ3n) is 4.12. The summed E-state index contributed by atoms with van der Waals surface area (Å²) in [6.45, 7) is 4.06. The van der Waals surface area contributed by atoms with Gasteiger partial charge in [0, 0.05) is 15.5 Å². The zero-order valence-corrected chi connectivity index (χ0v) is 15.4. The quantitative estimate of drug-likeness (QED) is 0.662. The number of nitrogens with one attached hydrogen (secondary N) is 1. The lowest BCUT2D eigenvalue weighted by Crippen LogP contribution is -2.13. The predicted octanol–water partition coefficient (Wildman–Crippen LogP) is 5.58. The van der Waals surface area contributed by atoms with Gasteiger partial charge in [-0.3, -0.25) is 4.79 Å². The van der Waals surface area contributed by atoms with Crippen molar-refractivity contribution < 1.29 is 4.79 Å². The molecular weight excluding hydrogens is 340 g/mol. The molecule has 26 heavy (non-hydrogen) atoms. The highest BCUT2D eigenvalue weighted by Crippen LogP contribution is 2.33. The van der Waals surface area contributed by atoms with E-state index < -0.39 is 0 Å². The summed E-state index contributed by atoms with van der Waals surface area (Å²) in [5, 5.41) is 12.2. The Labute approximate surface area is 157 Å². The number of amides is 1. The summed E-state index contributed by atoms with van der Waals surface area (Å²) in [5.41, 5.74) is 4.28. The minimum Gasteiger partial charge on any atom is -0.322 e. The summed E-state index contributed by atoms with van der Waals surface area (Å²) in [4.78, 5) is 14.4. The van der Waals surface area contributed by atoms with E-state index in [1.54, 1.807) is 12.1 Å². The molecule has 0 fully saturated rings. The second-order valence-corrected chi connectivity index (χ2v) is 7.04. The molecule has 128 valence electrons. The maximum atomic E-state index is 12.8. The Bertz CT molecular complexity index is 1010. The molecule has 0 spiro atoms. The van der Waals surface area contributed by atoms with Crippen LogP contribution in [0.5, 0.6) is 0 Å². The smallest absolute Gasteiger partial charge is 0.256 e. The Kier molecular flexibility index (Phi) is 5.40. The highest BCUT2D eigenvalue weighted by atomic mass is 32.2. The normalized spacial score (nSPS) is 10.2. The molecule has 3 aromatic rings. The number of nitriles is 1. The van der Waals surface area contributed by atoms with Gasteiger partial charge in [0.1, 0.15) is 6.07 Å². The van der Waals surface area contributed by atoms with E-state index in [9.17, 15) is 10.1 Å². The second-order valence-electron chi connectivity index (χ2n) is 5.96. The van der Waals surface area contributed by atoms with Gasteiger partial charge in [-0.2, -0.15) is 5.26 Å². The lowest BCUT2D eigenvalue weighted by molar-refractivity contribution is 0.102. The molecule has 3 rings (SSSR count). The Hall–Kier alpha value is -3.03. The van der Waals surface area contributed by atoms with Crippen LogP contribution in [0.25, 0.3) is 0 Å². The number of carbonyl (C=O) groups excluding carboxylic acids is 1. The Balaban J connectivity index is 1.88. The van der Waals surface area contributed by atoms with Gasteiger partial charge in [0.25, 0.3) is 5.91 Å². The minimum absolute atomic E-state index is 0.161. The van der Waals surface area contributed by atoms with Gasteiger partial charge in [0.2, 0.25) is 0 Å². The van der Waals surface area contributed by atoms with Crippen LogP contribution in [-0.4, -0.2) is 5.91 Å². The minimum atomic E-state index is -0.161. The van der Waals surface area contributed by atoms with Crippen LogP contribution >= 0.6 is 11.8 Å². The van der Waals surface area contributed by atoms with Gasteiger partial charge in [0.15, 0.2) is 0 Å². The van der Waals surface area contributed by atoms with E-state index in [0.717, 1.165) is 21.0 Å². The molecule has 4 heteroatoms. The van der Waals surface area contributed by atoms with Crippen molar-refractivity contribution >= 4 is 23.4 Å². The number of carbonyl (C=O) groups is 1. The Morgan fingerprint density at radius 3 is 2.35 bits per heavy atom. The fourth-order valence-corrected chi connectivity index (χ4v) is 3.55. The first kappa shape index (κ1) is 17.8. The molecule has 3 aromatic carbocycles. The number of hydrogen-bond acceptors (Lipinski definition) is 3. The van der Waals surface area contributed by atoms with Crippen LogP contribution in [0.15, 0.2) is 76.5 Å². The monoisotopic (exact) mass is 358 g/mol. The molecule has 1 N–H and O–H groups in total. The first-order chi connectivity index (χ1) is 12.6. The molecular formula is C22H18N2OS. The maximum Gasteiger partial charge on any atom is 0.256 e. The summed E-state index contributed by atoms with van der Waals surface area (Å²) in [6, 6.07) is 22.9. The lowest BCUT2D eigenvalue weighted by atomic mass is 10.1. The third kappa shape index (κ3) is 3.96. The van der Waals surface area contributed by atoms with E-state index in [1.165, 1.54) is 17.3 Å². The van der Waals surface area contributed by atoms with Crippen molar-refractivity contribution in [3.05, 3.63) is 89.0 Å². The predicted molar refractivity (Wildman–Crippen MR) is 106 cm³/mol. The molecule has 0 aromatic heterocycles. The number of benzene rings is 3. The Morgan fingerprint density at radius 2 is 1.62 bits per heavy atom. The lowest BCUT2D eigenvalue weighted by Gasteiger charge is -2.11. The number of anilines is 1. The first-order valence-electron chi connectivity index (χ1n) is 8.23. The molecule has 0 aliphatic heterocycles. The van der Waals surface area contributed by atoms with Crippen LogP contribution in [0.2, 0.25) is 0 Å². The van der Waals surface area contributed by atoms with Gasteiger partial charge < -0.3 is 5.32 Å². The first-order valence-corrected chi connectivity index (χ1v) is 9.05. The van der Waals surface area contributed by atoms with Crippen molar-refractivity contribution in [3.8, 4) is 6.07 Å². The van der Waals surface area contributed by atoms with Crippen LogP contribution in [0.4, 0.5) is 5.69 Å². The highest BCUT2D eigenvalue weighted by molar-refractivity contribution is 7.99. The van der Waals surface area contributed by atoms with Gasteiger partial charge in [-0.1, -0.05) is 42.1 Å². The molecule has 0 aliphatic rings. The van der Waals surface area contributed by atoms with E-state index in [2.05, 4.69) is 11.4 Å². The van der Waals surface area contributed by atoms with Crippen LogP contribution in [0, 0.1) is 25.2 Å². The van der Waals surface area contributed by atoms with Crippen LogP contribution in [-0.2, 0) is 0 Å². The van der Waals surface area contributed by atoms with Crippen molar-refractivity contribution in [3.63, 3.8) is 0 Å². The van der Waals surface area contributed by atoms with E-state index in [4.69, 9.17) is 0 Å². The number of hydrogen-bond donors (Lipinski definition) is 1. The largest absolute Gasteiger partial charge is 0.322 e.